The first-order chi connectivity index (χ1) is 7.42. The van der Waals surface area contributed by atoms with Crippen molar-refractivity contribution in [3.63, 3.8) is 0 Å². The Morgan fingerprint density at radius 2 is 2.07 bits per heavy atom. The van der Waals surface area contributed by atoms with Crippen molar-refractivity contribution in [2.24, 2.45) is 0 Å². The van der Waals surface area contributed by atoms with Gasteiger partial charge in [-0.1, -0.05) is 0 Å². The van der Waals surface area contributed by atoms with Gasteiger partial charge >= 0.3 is 0 Å². The summed E-state index contributed by atoms with van der Waals surface area (Å²) in [5, 5.41) is 2.36. The molecule has 0 bridgehead atoms. The van der Waals surface area contributed by atoms with Crippen LogP contribution in [0.3, 0.4) is 0 Å². The summed E-state index contributed by atoms with van der Waals surface area (Å²) in [4.78, 5) is 4.09. The van der Waals surface area contributed by atoms with Crippen molar-refractivity contribution in [3.8, 4) is 5.75 Å². The highest BCUT2D eigenvalue weighted by atomic mass is 16.5. The van der Waals surface area contributed by atoms with E-state index < -0.39 is 0 Å². The maximum absolute atomic E-state index is 5.84. The molecule has 2 heteroatoms. The second-order valence-corrected chi connectivity index (χ2v) is 4.06. The Morgan fingerprint density at radius 1 is 1.13 bits per heavy atom. The molecule has 0 N–H and O–H groups in total. The smallest absolute Gasteiger partial charge is 0.120 e. The van der Waals surface area contributed by atoms with E-state index in [9.17, 15) is 0 Å². The summed E-state index contributed by atoms with van der Waals surface area (Å²) in [6.07, 6.45) is 7.85. The second-order valence-electron chi connectivity index (χ2n) is 4.06. The molecule has 1 fully saturated rings. The third-order valence-electron chi connectivity index (χ3n) is 2.97. The summed E-state index contributed by atoms with van der Waals surface area (Å²) in [5.41, 5.74) is 0. The van der Waals surface area contributed by atoms with Crippen LogP contribution < -0.4 is 4.74 Å². The minimum absolute atomic E-state index is 0.448. The molecule has 0 unspecified atom stereocenters. The molecular weight excluding hydrogens is 186 g/mol. The number of nitrogens with zero attached hydrogens (tertiary/aromatic N) is 1. The van der Waals surface area contributed by atoms with Gasteiger partial charge in [-0.25, -0.2) is 0 Å². The predicted molar refractivity (Wildman–Crippen MR) is 60.0 cm³/mol. The zero-order chi connectivity index (χ0) is 10.1. The predicted octanol–water partition coefficient (Wildman–Crippen LogP) is 3.17. The van der Waals surface area contributed by atoms with Crippen molar-refractivity contribution in [1.82, 2.24) is 4.98 Å². The van der Waals surface area contributed by atoms with Gasteiger partial charge in [-0.15, -0.1) is 0 Å². The van der Waals surface area contributed by atoms with Gasteiger partial charge in [0.15, 0.2) is 0 Å². The highest BCUT2D eigenvalue weighted by molar-refractivity contribution is 5.82. The van der Waals surface area contributed by atoms with Gasteiger partial charge in [-0.05, 0) is 48.9 Å². The molecule has 2 aromatic rings. The van der Waals surface area contributed by atoms with Crippen LogP contribution in [0.25, 0.3) is 10.8 Å². The number of fused-ring (bicyclic) bond motifs is 1. The van der Waals surface area contributed by atoms with Gasteiger partial charge < -0.3 is 4.74 Å². The molecule has 0 radical (unpaired) electrons. The van der Waals surface area contributed by atoms with Crippen molar-refractivity contribution in [2.75, 3.05) is 0 Å². The van der Waals surface area contributed by atoms with Crippen molar-refractivity contribution in [2.45, 2.75) is 25.4 Å². The third kappa shape index (κ3) is 1.67. The average Bonchev–Trinajstić information content (AvgIpc) is 2.23. The monoisotopic (exact) mass is 199 g/mol. The molecule has 15 heavy (non-hydrogen) atoms. The first-order valence-corrected chi connectivity index (χ1v) is 5.42. The zero-order valence-electron chi connectivity index (χ0n) is 8.52. The van der Waals surface area contributed by atoms with E-state index in [1.54, 1.807) is 0 Å². The van der Waals surface area contributed by atoms with Crippen LogP contribution in [0, 0.1) is 0 Å². The van der Waals surface area contributed by atoms with Crippen molar-refractivity contribution in [1.29, 1.82) is 0 Å². The maximum Gasteiger partial charge on any atom is 0.120 e. The van der Waals surface area contributed by atoms with E-state index in [-0.39, 0.29) is 0 Å². The van der Waals surface area contributed by atoms with E-state index in [0.29, 0.717) is 6.10 Å². The number of ether oxygens (including phenoxy) is 1. The van der Waals surface area contributed by atoms with Gasteiger partial charge in [0.2, 0.25) is 0 Å². The largest absolute Gasteiger partial charge is 0.490 e. The van der Waals surface area contributed by atoms with Crippen molar-refractivity contribution >= 4 is 10.8 Å². The molecule has 1 heterocycles. The third-order valence-corrected chi connectivity index (χ3v) is 2.97. The molecule has 1 aliphatic carbocycles. The number of benzene rings is 1. The number of hydrogen-bond donors (Lipinski definition) is 0. The van der Waals surface area contributed by atoms with Gasteiger partial charge in [0, 0.05) is 17.8 Å². The van der Waals surface area contributed by atoms with Crippen LogP contribution in [0.5, 0.6) is 5.75 Å². The topological polar surface area (TPSA) is 22.1 Å². The van der Waals surface area contributed by atoms with Crippen LogP contribution in [0.1, 0.15) is 19.3 Å². The summed E-state index contributed by atoms with van der Waals surface area (Å²) >= 11 is 0. The summed E-state index contributed by atoms with van der Waals surface area (Å²) in [6, 6.07) is 8.21. The van der Waals surface area contributed by atoms with E-state index >= 15 is 0 Å². The van der Waals surface area contributed by atoms with E-state index in [4.69, 9.17) is 4.74 Å². The molecule has 0 amide bonds. The Labute approximate surface area is 88.9 Å². The lowest BCUT2D eigenvalue weighted by Crippen LogP contribution is -2.24. The Bertz CT molecular complexity index is 477. The number of pyridine rings is 1. The Morgan fingerprint density at radius 3 is 2.87 bits per heavy atom. The second kappa shape index (κ2) is 3.54. The van der Waals surface area contributed by atoms with Crippen LogP contribution >= 0.6 is 0 Å². The molecule has 0 saturated heterocycles. The summed E-state index contributed by atoms with van der Waals surface area (Å²) in [7, 11) is 0. The maximum atomic E-state index is 5.84. The lowest BCUT2D eigenvalue weighted by molar-refractivity contribution is 0.120. The van der Waals surface area contributed by atoms with Crippen LogP contribution in [0.15, 0.2) is 36.7 Å². The fourth-order valence-corrected chi connectivity index (χ4v) is 1.82. The SMILES string of the molecule is c1cc2cc(OC3CCC3)ccc2cn1. The summed E-state index contributed by atoms with van der Waals surface area (Å²) in [6.45, 7) is 0. The highest BCUT2D eigenvalue weighted by Gasteiger charge is 2.18. The minimum Gasteiger partial charge on any atom is -0.490 e. The standard InChI is InChI=1S/C13H13NO/c1-2-12(3-1)15-13-5-4-11-9-14-7-6-10(11)8-13/h4-9,12H,1-3H2. The van der Waals surface area contributed by atoms with E-state index in [0.717, 1.165) is 5.75 Å². The van der Waals surface area contributed by atoms with Gasteiger partial charge in [0.1, 0.15) is 5.75 Å². The molecule has 1 aromatic carbocycles. The molecule has 0 spiro atoms. The first-order valence-electron chi connectivity index (χ1n) is 5.42. The van der Waals surface area contributed by atoms with E-state index in [1.807, 2.05) is 24.5 Å². The lowest BCUT2D eigenvalue weighted by Gasteiger charge is -2.26. The number of aromatic nitrogens is 1. The van der Waals surface area contributed by atoms with Crippen LogP contribution in [-0.2, 0) is 0 Å². The molecule has 0 atom stereocenters. The summed E-state index contributed by atoms with van der Waals surface area (Å²) in [5.74, 6) is 0.985. The molecule has 0 aliphatic heterocycles. The van der Waals surface area contributed by atoms with E-state index in [1.165, 1.54) is 30.0 Å². The minimum atomic E-state index is 0.448. The molecule has 1 saturated carbocycles. The van der Waals surface area contributed by atoms with Gasteiger partial charge in [-0.3, -0.25) is 4.98 Å². The Kier molecular flexibility index (Phi) is 2.05. The van der Waals surface area contributed by atoms with Crippen molar-refractivity contribution in [3.05, 3.63) is 36.7 Å². The molecule has 1 aliphatic rings. The first kappa shape index (κ1) is 8.72. The zero-order valence-corrected chi connectivity index (χ0v) is 8.52. The molecule has 2 nitrogen and oxygen atoms in total. The van der Waals surface area contributed by atoms with Crippen LogP contribution in [-0.4, -0.2) is 11.1 Å². The van der Waals surface area contributed by atoms with Gasteiger partial charge in [0.05, 0.1) is 6.10 Å². The lowest BCUT2D eigenvalue weighted by atomic mass is 9.96. The Balaban J connectivity index is 1.91. The fourth-order valence-electron chi connectivity index (χ4n) is 1.82. The summed E-state index contributed by atoms with van der Waals surface area (Å²) < 4.78 is 5.84. The highest BCUT2D eigenvalue weighted by Crippen LogP contribution is 2.27. The van der Waals surface area contributed by atoms with Crippen LogP contribution in [0.2, 0.25) is 0 Å². The van der Waals surface area contributed by atoms with Gasteiger partial charge in [-0.2, -0.15) is 0 Å². The molecule has 3 rings (SSSR count). The van der Waals surface area contributed by atoms with Crippen molar-refractivity contribution < 1.29 is 4.74 Å². The quantitative estimate of drug-likeness (QED) is 0.741. The fraction of sp³-hybridized carbons (Fsp3) is 0.308. The average molecular weight is 199 g/mol. The molecule has 76 valence electrons. The number of hydrogen-bond acceptors (Lipinski definition) is 2. The molecule has 1 aromatic heterocycles. The normalized spacial score (nSPS) is 16.3. The van der Waals surface area contributed by atoms with Gasteiger partial charge in [0.25, 0.3) is 0 Å². The van der Waals surface area contributed by atoms with Crippen LogP contribution in [0.4, 0.5) is 0 Å². The van der Waals surface area contributed by atoms with E-state index in [2.05, 4.69) is 17.1 Å². The number of rotatable bonds is 2. The molecular formula is C13H13NO. The Hall–Kier alpha value is -1.57.